The summed E-state index contributed by atoms with van der Waals surface area (Å²) in [5.74, 6) is 1.51. The van der Waals surface area contributed by atoms with Gasteiger partial charge >= 0.3 is 0 Å². The molecule has 3 nitrogen and oxygen atoms in total. The molecule has 3 aliphatic heterocycles. The molecule has 3 saturated heterocycles. The largest absolute Gasteiger partial charge is 0.351 e. The van der Waals surface area contributed by atoms with E-state index >= 15 is 0 Å². The molecule has 162 valence electrons. The van der Waals surface area contributed by atoms with Gasteiger partial charge in [0.15, 0.2) is 0 Å². The van der Waals surface area contributed by atoms with Crippen LogP contribution in [0.25, 0.3) is 0 Å². The summed E-state index contributed by atoms with van der Waals surface area (Å²) in [6.07, 6.45) is 9.33. The molecule has 30 heavy (non-hydrogen) atoms. The molecule has 5 atom stereocenters. The lowest BCUT2D eigenvalue weighted by molar-refractivity contribution is -0.166. The first-order valence-corrected chi connectivity index (χ1v) is 12.2. The zero-order valence-corrected chi connectivity index (χ0v) is 18.0. The van der Waals surface area contributed by atoms with Crippen molar-refractivity contribution in [2.75, 3.05) is 26.3 Å². The summed E-state index contributed by atoms with van der Waals surface area (Å²) in [5, 5.41) is 3.56. The normalized spacial score (nSPS) is 46.2. The minimum Gasteiger partial charge on any atom is -0.351 e. The van der Waals surface area contributed by atoms with Gasteiger partial charge in [-0.3, -0.25) is 9.18 Å². The molecular formula is C26H35FN2O. The molecule has 1 amide bonds. The van der Waals surface area contributed by atoms with Crippen LogP contribution >= 0.6 is 0 Å². The molecule has 1 aromatic carbocycles. The Morgan fingerprint density at radius 1 is 1.07 bits per heavy atom. The molecule has 4 aliphatic carbocycles. The summed E-state index contributed by atoms with van der Waals surface area (Å²) in [6.45, 7) is 3.16. The van der Waals surface area contributed by atoms with E-state index in [1.807, 2.05) is 0 Å². The van der Waals surface area contributed by atoms with Crippen molar-refractivity contribution in [1.29, 1.82) is 0 Å². The standard InChI is InChI=1S/C26H35FN2O/c27-9-8-24-12-19-13-25(16-24,21-4-2-1-3-5-21)18-26(14-19,17-24)23(30)28-22-15-29-10-6-20(22)7-11-29/h1-5,19-20,22H,6-18H2,(H,28,30)/t19?,22-,24+,25+,26?/m1/s1. The van der Waals surface area contributed by atoms with Gasteiger partial charge in [0.1, 0.15) is 0 Å². The molecule has 0 spiro atoms. The van der Waals surface area contributed by atoms with Gasteiger partial charge in [-0.25, -0.2) is 0 Å². The van der Waals surface area contributed by atoms with Gasteiger partial charge in [0, 0.05) is 12.6 Å². The predicted octanol–water partition coefficient (Wildman–Crippen LogP) is 4.46. The van der Waals surface area contributed by atoms with Crippen LogP contribution in [0.3, 0.4) is 0 Å². The van der Waals surface area contributed by atoms with Gasteiger partial charge in [0.25, 0.3) is 0 Å². The van der Waals surface area contributed by atoms with Crippen molar-refractivity contribution in [2.24, 2.45) is 22.7 Å². The summed E-state index contributed by atoms with van der Waals surface area (Å²) in [7, 11) is 0. The fourth-order valence-electron chi connectivity index (χ4n) is 8.93. The maximum atomic E-state index is 13.9. The van der Waals surface area contributed by atoms with Crippen LogP contribution in [0.15, 0.2) is 30.3 Å². The van der Waals surface area contributed by atoms with Gasteiger partial charge in [-0.1, -0.05) is 30.3 Å². The number of nitrogens with zero attached hydrogens (tertiary/aromatic N) is 1. The molecule has 0 radical (unpaired) electrons. The molecule has 7 fully saturated rings. The number of nitrogens with one attached hydrogen (secondary N) is 1. The SMILES string of the molecule is O=C(N[C@@H]1CN2CCC1CC2)C12CC3C[C@](CCF)(C1)C[C@@](c1ccccc1)(C3)C2. The minimum absolute atomic E-state index is 0.0103. The number of halogens is 1. The molecule has 1 N–H and O–H groups in total. The van der Waals surface area contributed by atoms with E-state index in [4.69, 9.17) is 0 Å². The van der Waals surface area contributed by atoms with Crippen LogP contribution in [0.1, 0.15) is 63.4 Å². The Morgan fingerprint density at radius 3 is 2.57 bits per heavy atom. The molecule has 6 bridgehead atoms. The fraction of sp³-hybridized carbons (Fsp3) is 0.731. The van der Waals surface area contributed by atoms with E-state index in [1.165, 1.54) is 37.9 Å². The number of benzene rings is 1. The van der Waals surface area contributed by atoms with E-state index in [0.717, 1.165) is 38.6 Å². The molecule has 1 aromatic rings. The molecule has 0 aromatic heterocycles. The molecule has 4 heteroatoms. The smallest absolute Gasteiger partial charge is 0.226 e. The lowest BCUT2D eigenvalue weighted by atomic mass is 9.38. The Bertz CT molecular complexity index is 822. The monoisotopic (exact) mass is 410 g/mol. The van der Waals surface area contributed by atoms with E-state index in [2.05, 4.69) is 40.5 Å². The van der Waals surface area contributed by atoms with Crippen LogP contribution in [-0.4, -0.2) is 43.2 Å². The van der Waals surface area contributed by atoms with Crippen molar-refractivity contribution < 1.29 is 9.18 Å². The van der Waals surface area contributed by atoms with Gasteiger partial charge in [-0.2, -0.15) is 0 Å². The summed E-state index contributed by atoms with van der Waals surface area (Å²) >= 11 is 0. The number of amides is 1. The van der Waals surface area contributed by atoms with Crippen molar-refractivity contribution in [1.82, 2.24) is 10.2 Å². The Morgan fingerprint density at radius 2 is 1.87 bits per heavy atom. The number of piperidine rings is 3. The van der Waals surface area contributed by atoms with Gasteiger partial charge in [0.2, 0.25) is 5.91 Å². The summed E-state index contributed by atoms with van der Waals surface area (Å²) in [4.78, 5) is 16.5. The first kappa shape index (κ1) is 19.3. The third-order valence-corrected chi connectivity index (χ3v) is 9.65. The van der Waals surface area contributed by atoms with Crippen molar-refractivity contribution >= 4 is 5.91 Å². The van der Waals surface area contributed by atoms with Gasteiger partial charge in [-0.05, 0) is 99.1 Å². The average molecular weight is 411 g/mol. The van der Waals surface area contributed by atoms with E-state index in [-0.39, 0.29) is 22.9 Å². The van der Waals surface area contributed by atoms with Crippen LogP contribution < -0.4 is 5.32 Å². The Labute approximate surface area is 179 Å². The lowest BCUT2D eigenvalue weighted by Gasteiger charge is -2.66. The summed E-state index contributed by atoms with van der Waals surface area (Å²) in [5.41, 5.74) is 1.16. The third kappa shape index (κ3) is 2.89. The zero-order chi connectivity index (χ0) is 20.4. The Kier molecular flexibility index (Phi) is 4.36. The first-order chi connectivity index (χ1) is 14.5. The molecule has 2 unspecified atom stereocenters. The summed E-state index contributed by atoms with van der Waals surface area (Å²) < 4.78 is 13.7. The number of alkyl halides is 1. The number of rotatable bonds is 5. The quantitative estimate of drug-likeness (QED) is 0.777. The van der Waals surface area contributed by atoms with Crippen molar-refractivity contribution in [3.63, 3.8) is 0 Å². The maximum absolute atomic E-state index is 13.9. The number of hydrogen-bond acceptors (Lipinski definition) is 2. The Balaban J connectivity index is 1.33. The van der Waals surface area contributed by atoms with Gasteiger partial charge in [-0.15, -0.1) is 0 Å². The van der Waals surface area contributed by atoms with Crippen molar-refractivity contribution in [3.05, 3.63) is 35.9 Å². The van der Waals surface area contributed by atoms with Crippen LogP contribution in [0.5, 0.6) is 0 Å². The van der Waals surface area contributed by atoms with Crippen molar-refractivity contribution in [3.8, 4) is 0 Å². The highest BCUT2D eigenvalue weighted by molar-refractivity contribution is 5.84. The third-order valence-electron chi connectivity index (χ3n) is 9.65. The van der Waals surface area contributed by atoms with Crippen LogP contribution in [-0.2, 0) is 10.2 Å². The maximum Gasteiger partial charge on any atom is 0.226 e. The number of fused-ring (bicyclic) bond motifs is 3. The lowest BCUT2D eigenvalue weighted by Crippen LogP contribution is -2.65. The average Bonchev–Trinajstić information content (AvgIpc) is 2.74. The van der Waals surface area contributed by atoms with E-state index < -0.39 is 0 Å². The van der Waals surface area contributed by atoms with Crippen LogP contribution in [0, 0.1) is 22.7 Å². The first-order valence-electron chi connectivity index (χ1n) is 12.2. The predicted molar refractivity (Wildman–Crippen MR) is 116 cm³/mol. The second kappa shape index (κ2) is 6.79. The summed E-state index contributed by atoms with van der Waals surface area (Å²) in [6, 6.07) is 11.2. The van der Waals surface area contributed by atoms with Crippen LogP contribution in [0.2, 0.25) is 0 Å². The van der Waals surface area contributed by atoms with Gasteiger partial charge < -0.3 is 10.2 Å². The second-order valence-corrected chi connectivity index (χ2v) is 11.6. The Hall–Kier alpha value is -1.42. The number of carbonyl (C=O) groups excluding carboxylic acids is 1. The topological polar surface area (TPSA) is 32.3 Å². The van der Waals surface area contributed by atoms with Crippen LogP contribution in [0.4, 0.5) is 4.39 Å². The van der Waals surface area contributed by atoms with E-state index in [1.54, 1.807) is 0 Å². The number of carbonyl (C=O) groups is 1. The molecule has 4 saturated carbocycles. The highest BCUT2D eigenvalue weighted by atomic mass is 19.1. The molecule has 3 heterocycles. The molecule has 7 aliphatic rings. The van der Waals surface area contributed by atoms with E-state index in [0.29, 0.717) is 30.2 Å². The van der Waals surface area contributed by atoms with Crippen molar-refractivity contribution in [2.45, 2.75) is 69.2 Å². The zero-order valence-electron chi connectivity index (χ0n) is 18.0. The van der Waals surface area contributed by atoms with E-state index in [9.17, 15) is 9.18 Å². The highest BCUT2D eigenvalue weighted by Crippen LogP contribution is 2.71. The molecule has 8 rings (SSSR count). The number of hydrogen-bond donors (Lipinski definition) is 1. The van der Waals surface area contributed by atoms with Gasteiger partial charge in [0.05, 0.1) is 12.1 Å². The second-order valence-electron chi connectivity index (χ2n) is 11.6. The fourth-order valence-corrected chi connectivity index (χ4v) is 8.93. The minimum atomic E-state index is -0.295. The molecular weight excluding hydrogens is 375 g/mol. The highest BCUT2D eigenvalue weighted by Gasteiger charge is 2.65.